The summed E-state index contributed by atoms with van der Waals surface area (Å²) in [6, 6.07) is 0.375. The van der Waals surface area contributed by atoms with Gasteiger partial charge in [-0.3, -0.25) is 0 Å². The van der Waals surface area contributed by atoms with Crippen LogP contribution < -0.4 is 5.32 Å². The molecule has 1 amide bonds. The third-order valence-corrected chi connectivity index (χ3v) is 3.10. The zero-order chi connectivity index (χ0) is 15.8. The second kappa shape index (κ2) is 5.55. The van der Waals surface area contributed by atoms with E-state index in [9.17, 15) is 4.79 Å². The van der Waals surface area contributed by atoms with Gasteiger partial charge in [-0.25, -0.2) is 4.79 Å². The molecule has 0 unspecified atom stereocenters. The van der Waals surface area contributed by atoms with Crippen molar-refractivity contribution in [1.82, 2.24) is 10.2 Å². The van der Waals surface area contributed by atoms with Gasteiger partial charge in [0.25, 0.3) is 0 Å². The van der Waals surface area contributed by atoms with Crippen molar-refractivity contribution in [3.8, 4) is 0 Å². The lowest BCUT2D eigenvalue weighted by Gasteiger charge is -2.45. The minimum absolute atomic E-state index is 0.0862. The summed E-state index contributed by atoms with van der Waals surface area (Å²) in [5, 5.41) is 3.65. The normalized spacial score (nSPS) is 17.9. The fourth-order valence-corrected chi connectivity index (χ4v) is 2.97. The first-order valence-corrected chi connectivity index (χ1v) is 7.53. The third kappa shape index (κ3) is 6.12. The highest BCUT2D eigenvalue weighted by atomic mass is 16.6. The van der Waals surface area contributed by atoms with Crippen LogP contribution in [-0.4, -0.2) is 41.3 Å². The number of nitrogens with one attached hydrogen (secondary N) is 1. The molecule has 0 aliphatic carbocycles. The lowest BCUT2D eigenvalue weighted by Crippen LogP contribution is -2.64. The van der Waals surface area contributed by atoms with Crippen LogP contribution in [-0.2, 0) is 4.74 Å². The van der Waals surface area contributed by atoms with E-state index in [0.717, 1.165) is 19.5 Å². The minimum atomic E-state index is -0.416. The van der Waals surface area contributed by atoms with Gasteiger partial charge in [0, 0.05) is 24.7 Å². The van der Waals surface area contributed by atoms with Crippen LogP contribution in [0.2, 0.25) is 0 Å². The molecule has 1 saturated heterocycles. The van der Waals surface area contributed by atoms with Crippen molar-refractivity contribution in [3.05, 3.63) is 0 Å². The summed E-state index contributed by atoms with van der Waals surface area (Å²) in [6.45, 7) is 18.4. The topological polar surface area (TPSA) is 41.6 Å². The van der Waals surface area contributed by atoms with Crippen molar-refractivity contribution in [2.24, 2.45) is 5.41 Å². The Morgan fingerprint density at radius 2 is 1.60 bits per heavy atom. The van der Waals surface area contributed by atoms with E-state index in [1.165, 1.54) is 0 Å². The van der Waals surface area contributed by atoms with Gasteiger partial charge >= 0.3 is 6.09 Å². The highest BCUT2D eigenvalue weighted by Crippen LogP contribution is 2.28. The molecule has 1 N–H and O–H groups in total. The zero-order valence-electron chi connectivity index (χ0n) is 14.5. The molecule has 4 heteroatoms. The monoisotopic (exact) mass is 284 g/mol. The van der Waals surface area contributed by atoms with E-state index in [1.54, 1.807) is 4.90 Å². The molecule has 0 aromatic rings. The number of hydrogen-bond donors (Lipinski definition) is 1. The predicted octanol–water partition coefficient (Wildman–Crippen LogP) is 3.41. The van der Waals surface area contributed by atoms with Gasteiger partial charge in [0.05, 0.1) is 0 Å². The first kappa shape index (κ1) is 17.3. The van der Waals surface area contributed by atoms with E-state index >= 15 is 0 Å². The van der Waals surface area contributed by atoms with E-state index in [-0.39, 0.29) is 11.6 Å². The van der Waals surface area contributed by atoms with Crippen LogP contribution in [0, 0.1) is 5.41 Å². The van der Waals surface area contributed by atoms with Crippen molar-refractivity contribution in [2.75, 3.05) is 13.1 Å². The number of nitrogens with zero attached hydrogens (tertiary/aromatic N) is 1. The lowest BCUT2D eigenvalue weighted by atomic mass is 9.81. The molecule has 0 bridgehead atoms. The van der Waals surface area contributed by atoms with Gasteiger partial charge in [-0.15, -0.1) is 0 Å². The Morgan fingerprint density at radius 1 is 1.10 bits per heavy atom. The Hall–Kier alpha value is -0.770. The number of ether oxygens (including phenoxy) is 1. The fourth-order valence-electron chi connectivity index (χ4n) is 2.97. The SMILES string of the molecule is CC(C)(C)CC(C)(C)NC1CN(C(=O)OC(C)(C)C)C1. The van der Waals surface area contributed by atoms with Crippen LogP contribution in [0.1, 0.15) is 61.8 Å². The van der Waals surface area contributed by atoms with E-state index in [1.807, 2.05) is 20.8 Å². The van der Waals surface area contributed by atoms with Gasteiger partial charge in [0.2, 0.25) is 0 Å². The molecule has 4 nitrogen and oxygen atoms in total. The minimum Gasteiger partial charge on any atom is -0.444 e. The highest BCUT2D eigenvalue weighted by molar-refractivity contribution is 5.69. The Kier molecular flexibility index (Phi) is 4.79. The molecule has 1 fully saturated rings. The summed E-state index contributed by atoms with van der Waals surface area (Å²) in [5.74, 6) is 0. The quantitative estimate of drug-likeness (QED) is 0.863. The molecular weight excluding hydrogens is 252 g/mol. The van der Waals surface area contributed by atoms with Crippen LogP contribution in [0.3, 0.4) is 0 Å². The number of likely N-dealkylation sites (tertiary alicyclic amines) is 1. The summed E-state index contributed by atoms with van der Waals surface area (Å²) in [5.41, 5.74) is -0.0326. The standard InChI is InChI=1S/C16H32N2O2/c1-14(2,3)11-16(7,8)17-12-9-18(10-12)13(19)20-15(4,5)6/h12,17H,9-11H2,1-8H3. The molecule has 0 aromatic heterocycles. The van der Waals surface area contributed by atoms with E-state index in [0.29, 0.717) is 11.5 Å². The smallest absolute Gasteiger partial charge is 0.410 e. The molecular formula is C16H32N2O2. The second-order valence-corrected chi connectivity index (χ2v) is 8.85. The number of carbonyl (C=O) groups excluding carboxylic acids is 1. The van der Waals surface area contributed by atoms with Crippen molar-refractivity contribution < 1.29 is 9.53 Å². The van der Waals surface area contributed by atoms with Crippen LogP contribution in [0.4, 0.5) is 4.79 Å². The van der Waals surface area contributed by atoms with Gasteiger partial charge in [-0.05, 0) is 46.5 Å². The van der Waals surface area contributed by atoms with Gasteiger partial charge in [0.1, 0.15) is 5.60 Å². The summed E-state index contributed by atoms with van der Waals surface area (Å²) in [4.78, 5) is 13.6. The molecule has 1 aliphatic rings. The molecule has 20 heavy (non-hydrogen) atoms. The molecule has 118 valence electrons. The Balaban J connectivity index is 2.37. The van der Waals surface area contributed by atoms with Gasteiger partial charge in [-0.1, -0.05) is 20.8 Å². The fraction of sp³-hybridized carbons (Fsp3) is 0.938. The summed E-state index contributed by atoms with van der Waals surface area (Å²) in [6.07, 6.45) is 0.896. The van der Waals surface area contributed by atoms with Crippen LogP contribution in [0.25, 0.3) is 0 Å². The molecule has 1 heterocycles. The molecule has 0 aromatic carbocycles. The van der Waals surface area contributed by atoms with Crippen LogP contribution >= 0.6 is 0 Å². The Labute approximate surface area is 124 Å². The zero-order valence-corrected chi connectivity index (χ0v) is 14.5. The number of amides is 1. The Bertz CT molecular complexity index is 344. The third-order valence-electron chi connectivity index (χ3n) is 3.10. The molecule has 1 aliphatic heterocycles. The predicted molar refractivity (Wildman–Crippen MR) is 82.9 cm³/mol. The van der Waals surface area contributed by atoms with Crippen LogP contribution in [0.5, 0.6) is 0 Å². The second-order valence-electron chi connectivity index (χ2n) is 8.85. The van der Waals surface area contributed by atoms with Crippen molar-refractivity contribution in [3.63, 3.8) is 0 Å². The number of carbonyl (C=O) groups is 1. The first-order chi connectivity index (χ1) is 8.77. The van der Waals surface area contributed by atoms with E-state index in [2.05, 4.69) is 39.9 Å². The molecule has 0 atom stereocenters. The van der Waals surface area contributed by atoms with Crippen molar-refractivity contribution >= 4 is 6.09 Å². The van der Waals surface area contributed by atoms with Gasteiger partial charge in [-0.2, -0.15) is 0 Å². The largest absolute Gasteiger partial charge is 0.444 e. The molecule has 0 spiro atoms. The average molecular weight is 284 g/mol. The van der Waals surface area contributed by atoms with Crippen molar-refractivity contribution in [1.29, 1.82) is 0 Å². The lowest BCUT2D eigenvalue weighted by molar-refractivity contribution is 0.00125. The maximum atomic E-state index is 11.9. The maximum Gasteiger partial charge on any atom is 0.410 e. The van der Waals surface area contributed by atoms with E-state index in [4.69, 9.17) is 4.74 Å². The van der Waals surface area contributed by atoms with Gasteiger partial charge in [0.15, 0.2) is 0 Å². The molecule has 1 rings (SSSR count). The number of rotatable bonds is 3. The van der Waals surface area contributed by atoms with Crippen LogP contribution in [0.15, 0.2) is 0 Å². The average Bonchev–Trinajstić information content (AvgIpc) is 2.02. The first-order valence-electron chi connectivity index (χ1n) is 7.53. The summed E-state index contributed by atoms with van der Waals surface area (Å²) in [7, 11) is 0. The molecule has 0 saturated carbocycles. The van der Waals surface area contributed by atoms with Crippen molar-refractivity contribution in [2.45, 2.75) is 79.0 Å². The Morgan fingerprint density at radius 3 is 2.00 bits per heavy atom. The van der Waals surface area contributed by atoms with Gasteiger partial charge < -0.3 is 15.0 Å². The highest BCUT2D eigenvalue weighted by Gasteiger charge is 2.37. The summed E-state index contributed by atoms with van der Waals surface area (Å²) >= 11 is 0. The summed E-state index contributed by atoms with van der Waals surface area (Å²) < 4.78 is 5.36. The molecule has 0 radical (unpaired) electrons. The maximum absolute atomic E-state index is 11.9. The number of hydrogen-bond acceptors (Lipinski definition) is 3. The van der Waals surface area contributed by atoms with E-state index < -0.39 is 5.60 Å².